The Morgan fingerprint density at radius 1 is 1.45 bits per heavy atom. The van der Waals surface area contributed by atoms with E-state index in [2.05, 4.69) is 22.5 Å². The Balaban J connectivity index is 1.76. The molecule has 1 aliphatic rings. The molecule has 1 aromatic heterocycles. The second-order valence-corrected chi connectivity index (χ2v) is 6.92. The monoisotopic (exact) mass is 304 g/mol. The van der Waals surface area contributed by atoms with E-state index in [9.17, 15) is 4.79 Å². The molecule has 0 unspecified atom stereocenters. The third-order valence-electron chi connectivity index (χ3n) is 3.45. The van der Waals surface area contributed by atoms with Crippen molar-refractivity contribution in [2.75, 3.05) is 11.6 Å². The van der Waals surface area contributed by atoms with E-state index in [0.717, 1.165) is 39.5 Å². The zero-order chi connectivity index (χ0) is 13.9. The number of thioether (sulfide) groups is 1. The zero-order valence-corrected chi connectivity index (χ0v) is 12.9. The molecule has 0 radical (unpaired) electrons. The first-order valence-electron chi connectivity index (χ1n) is 6.66. The summed E-state index contributed by atoms with van der Waals surface area (Å²) in [5.74, 6) is 0.238. The summed E-state index contributed by atoms with van der Waals surface area (Å²) >= 11 is 3.31. The summed E-state index contributed by atoms with van der Waals surface area (Å²) in [4.78, 5) is 16.7. The zero-order valence-electron chi connectivity index (χ0n) is 11.3. The lowest BCUT2D eigenvalue weighted by molar-refractivity contribution is -0.120. The van der Waals surface area contributed by atoms with Crippen LogP contribution in [0, 0.1) is 5.92 Å². The summed E-state index contributed by atoms with van der Waals surface area (Å²) in [6.07, 6.45) is 9.08. The normalized spacial score (nSPS) is 18.4. The van der Waals surface area contributed by atoms with Gasteiger partial charge < -0.3 is 5.32 Å². The number of benzene rings is 1. The summed E-state index contributed by atoms with van der Waals surface area (Å²) in [6, 6.07) is 5.92. The number of amides is 1. The molecule has 104 valence electrons. The number of hydrogen-bond donors (Lipinski definition) is 1. The lowest BCUT2D eigenvalue weighted by Gasteiger charge is -2.17. The van der Waals surface area contributed by atoms with Crippen LogP contribution < -0.4 is 5.32 Å². The van der Waals surface area contributed by atoms with Crippen molar-refractivity contribution in [3.63, 3.8) is 0 Å². The maximum absolute atomic E-state index is 12.2. The van der Waals surface area contributed by atoms with Gasteiger partial charge in [0.25, 0.3) is 0 Å². The van der Waals surface area contributed by atoms with Gasteiger partial charge in [-0.25, -0.2) is 4.98 Å². The smallest absolute Gasteiger partial charge is 0.227 e. The fourth-order valence-electron chi connectivity index (χ4n) is 2.34. The molecule has 1 N–H and O–H groups in total. The van der Waals surface area contributed by atoms with Crippen LogP contribution in [0.25, 0.3) is 10.2 Å². The minimum atomic E-state index is 0.110. The molecule has 5 heteroatoms. The highest BCUT2D eigenvalue weighted by Crippen LogP contribution is 2.30. The maximum atomic E-state index is 12.2. The molecule has 0 saturated carbocycles. The molecule has 0 fully saturated rings. The Labute approximate surface area is 126 Å². The average molecular weight is 304 g/mol. The molecule has 1 heterocycles. The Bertz CT molecular complexity index is 663. The topological polar surface area (TPSA) is 42.0 Å². The van der Waals surface area contributed by atoms with E-state index in [4.69, 9.17) is 0 Å². The molecule has 3 nitrogen and oxygen atoms in total. The van der Waals surface area contributed by atoms with Gasteiger partial charge in [0.05, 0.1) is 10.2 Å². The van der Waals surface area contributed by atoms with Gasteiger partial charge in [0.2, 0.25) is 5.91 Å². The molecule has 0 aliphatic heterocycles. The fourth-order valence-corrected chi connectivity index (χ4v) is 3.87. The highest BCUT2D eigenvalue weighted by Gasteiger charge is 2.18. The van der Waals surface area contributed by atoms with Crippen molar-refractivity contribution in [1.29, 1.82) is 0 Å². The summed E-state index contributed by atoms with van der Waals surface area (Å²) < 4.78 is 2.18. The van der Waals surface area contributed by atoms with Crippen LogP contribution in [0.2, 0.25) is 0 Å². The molecule has 1 amide bonds. The first kappa shape index (κ1) is 13.6. The number of nitrogens with zero attached hydrogens (tertiary/aromatic N) is 1. The predicted octanol–water partition coefficient (Wildman–Crippen LogP) is 4.31. The number of anilines is 1. The van der Waals surface area contributed by atoms with Crippen LogP contribution in [0.15, 0.2) is 34.7 Å². The quantitative estimate of drug-likeness (QED) is 0.678. The van der Waals surface area contributed by atoms with Crippen molar-refractivity contribution in [3.05, 3.63) is 30.4 Å². The van der Waals surface area contributed by atoms with Crippen molar-refractivity contribution in [2.45, 2.75) is 23.6 Å². The highest BCUT2D eigenvalue weighted by atomic mass is 32.2. The molecular weight excluding hydrogens is 288 g/mol. The minimum Gasteiger partial charge on any atom is -0.326 e. The van der Waals surface area contributed by atoms with E-state index < -0.39 is 0 Å². The maximum Gasteiger partial charge on any atom is 0.227 e. The molecule has 0 bridgehead atoms. The van der Waals surface area contributed by atoms with Crippen LogP contribution in [-0.4, -0.2) is 17.1 Å². The Morgan fingerprint density at radius 2 is 2.35 bits per heavy atom. The number of allylic oxidation sites excluding steroid dienone is 2. The summed E-state index contributed by atoms with van der Waals surface area (Å²) in [5.41, 5.74) is 1.87. The van der Waals surface area contributed by atoms with Crippen LogP contribution in [0.3, 0.4) is 0 Å². The number of hydrogen-bond acceptors (Lipinski definition) is 4. The minimum absolute atomic E-state index is 0.110. The Hall–Kier alpha value is -1.33. The van der Waals surface area contributed by atoms with Crippen molar-refractivity contribution in [3.8, 4) is 0 Å². The van der Waals surface area contributed by atoms with E-state index in [1.165, 1.54) is 0 Å². The molecule has 1 aliphatic carbocycles. The molecule has 2 aromatic rings. The van der Waals surface area contributed by atoms with Crippen molar-refractivity contribution < 1.29 is 4.79 Å². The molecule has 0 saturated heterocycles. The average Bonchev–Trinajstić information content (AvgIpc) is 2.90. The van der Waals surface area contributed by atoms with E-state index in [1.807, 2.05) is 24.5 Å². The van der Waals surface area contributed by atoms with Gasteiger partial charge in [-0.05, 0) is 43.7 Å². The van der Waals surface area contributed by atoms with E-state index in [-0.39, 0.29) is 11.8 Å². The number of thiazole rings is 1. The lowest BCUT2D eigenvalue weighted by Crippen LogP contribution is -2.23. The fraction of sp³-hybridized carbons (Fsp3) is 0.333. The van der Waals surface area contributed by atoms with E-state index in [1.54, 1.807) is 23.1 Å². The van der Waals surface area contributed by atoms with Crippen molar-refractivity contribution >= 4 is 44.9 Å². The van der Waals surface area contributed by atoms with Crippen LogP contribution in [-0.2, 0) is 4.79 Å². The molecule has 1 atom stereocenters. The number of nitrogens with one attached hydrogen (secondary N) is 1. The summed E-state index contributed by atoms with van der Waals surface area (Å²) in [6.45, 7) is 0. The first-order chi connectivity index (χ1) is 9.76. The molecule has 3 rings (SSSR count). The molecular formula is C15H16N2OS2. The summed E-state index contributed by atoms with van der Waals surface area (Å²) in [5, 5.41) is 3.03. The van der Waals surface area contributed by atoms with Crippen molar-refractivity contribution in [2.24, 2.45) is 5.92 Å². The van der Waals surface area contributed by atoms with Crippen LogP contribution >= 0.6 is 23.1 Å². The number of rotatable bonds is 3. The van der Waals surface area contributed by atoms with Crippen LogP contribution in [0.5, 0.6) is 0 Å². The van der Waals surface area contributed by atoms with E-state index >= 15 is 0 Å². The van der Waals surface area contributed by atoms with Gasteiger partial charge in [-0.15, -0.1) is 11.3 Å². The van der Waals surface area contributed by atoms with Crippen LogP contribution in [0.1, 0.15) is 19.3 Å². The van der Waals surface area contributed by atoms with Gasteiger partial charge in [-0.2, -0.15) is 0 Å². The van der Waals surface area contributed by atoms with Gasteiger partial charge in [0.15, 0.2) is 4.34 Å². The number of carbonyl (C=O) groups excluding carboxylic acids is 1. The second kappa shape index (κ2) is 5.97. The predicted molar refractivity (Wildman–Crippen MR) is 86.5 cm³/mol. The molecule has 0 spiro atoms. The second-order valence-electron chi connectivity index (χ2n) is 4.84. The van der Waals surface area contributed by atoms with Gasteiger partial charge >= 0.3 is 0 Å². The number of aromatic nitrogens is 1. The van der Waals surface area contributed by atoms with Gasteiger partial charge in [0.1, 0.15) is 0 Å². The largest absolute Gasteiger partial charge is 0.326 e. The highest BCUT2D eigenvalue weighted by molar-refractivity contribution is 8.00. The Morgan fingerprint density at radius 3 is 3.10 bits per heavy atom. The third-order valence-corrected chi connectivity index (χ3v) is 5.45. The van der Waals surface area contributed by atoms with Crippen LogP contribution in [0.4, 0.5) is 5.69 Å². The SMILES string of the molecule is CSc1nc2ccc(NC(=O)[C@H]3CC=CCC3)cc2s1. The standard InChI is InChI=1S/C15H16N2OS2/c1-19-15-17-12-8-7-11(9-13(12)20-15)16-14(18)10-5-3-2-4-6-10/h2-3,7-10H,4-6H2,1H3,(H,16,18)/t10-/m0/s1. The van der Waals surface area contributed by atoms with E-state index in [0.29, 0.717) is 0 Å². The lowest BCUT2D eigenvalue weighted by atomic mass is 9.93. The summed E-state index contributed by atoms with van der Waals surface area (Å²) in [7, 11) is 0. The Kier molecular flexibility index (Phi) is 4.08. The van der Waals surface area contributed by atoms with Crippen molar-refractivity contribution in [1.82, 2.24) is 4.98 Å². The third kappa shape index (κ3) is 2.88. The number of carbonyl (C=O) groups is 1. The number of fused-ring (bicyclic) bond motifs is 1. The van der Waals surface area contributed by atoms with Gasteiger partial charge in [0, 0.05) is 11.6 Å². The molecule has 1 aromatic carbocycles. The first-order valence-corrected chi connectivity index (χ1v) is 8.71. The van der Waals surface area contributed by atoms with Gasteiger partial charge in [-0.3, -0.25) is 4.79 Å². The van der Waals surface area contributed by atoms with Gasteiger partial charge in [-0.1, -0.05) is 23.9 Å². The molecule has 20 heavy (non-hydrogen) atoms.